The molecule has 1 aromatic carbocycles. The van der Waals surface area contributed by atoms with Crippen molar-refractivity contribution in [2.75, 3.05) is 12.4 Å². The van der Waals surface area contributed by atoms with Crippen LogP contribution in [0.1, 0.15) is 51.0 Å². The molecular formula is C17H24Br2N2O. The highest BCUT2D eigenvalue weighted by Crippen LogP contribution is 2.33. The van der Waals surface area contributed by atoms with Crippen LogP contribution in [-0.2, 0) is 11.3 Å². The van der Waals surface area contributed by atoms with Crippen molar-refractivity contribution in [1.82, 2.24) is 4.90 Å². The highest BCUT2D eigenvalue weighted by Gasteiger charge is 2.20. The number of anilines is 1. The van der Waals surface area contributed by atoms with Gasteiger partial charge >= 0.3 is 0 Å². The van der Waals surface area contributed by atoms with E-state index in [2.05, 4.69) is 55.2 Å². The molecule has 0 spiro atoms. The fraction of sp³-hybridized carbons (Fsp3) is 0.588. The van der Waals surface area contributed by atoms with Crippen LogP contribution < -0.4 is 5.32 Å². The van der Waals surface area contributed by atoms with Gasteiger partial charge in [0.25, 0.3) is 0 Å². The molecule has 0 aromatic heterocycles. The van der Waals surface area contributed by atoms with Crippen molar-refractivity contribution < 1.29 is 4.79 Å². The van der Waals surface area contributed by atoms with Gasteiger partial charge in [-0.15, -0.1) is 0 Å². The fourth-order valence-corrected chi connectivity index (χ4v) is 4.45. The summed E-state index contributed by atoms with van der Waals surface area (Å²) in [7, 11) is 2.19. The molecule has 2 rings (SSSR count). The first kappa shape index (κ1) is 18.0. The number of hydrogen-bond acceptors (Lipinski definition) is 2. The van der Waals surface area contributed by atoms with Gasteiger partial charge in [-0.25, -0.2) is 0 Å². The second kappa shape index (κ2) is 8.46. The lowest BCUT2D eigenvalue weighted by molar-refractivity contribution is -0.115. The van der Waals surface area contributed by atoms with E-state index in [-0.39, 0.29) is 5.91 Å². The van der Waals surface area contributed by atoms with Crippen LogP contribution in [0.3, 0.4) is 0 Å². The van der Waals surface area contributed by atoms with Crippen LogP contribution in [0.5, 0.6) is 0 Å². The quantitative estimate of drug-likeness (QED) is 0.683. The summed E-state index contributed by atoms with van der Waals surface area (Å²) in [5, 5.41) is 3.03. The number of nitrogens with zero attached hydrogens (tertiary/aromatic N) is 1. The number of hydrogen-bond donors (Lipinski definition) is 1. The molecule has 1 aromatic rings. The standard InChI is InChI=1S/C17H24Br2N2O/c1-3-16(22)20-17-12(9-13(18)10-15(17)19)11-21(2)14-7-5-4-6-8-14/h9-10,14H,3-8,11H2,1-2H3,(H,20,22). The minimum Gasteiger partial charge on any atom is -0.325 e. The third kappa shape index (κ3) is 4.80. The van der Waals surface area contributed by atoms with Gasteiger partial charge in [0.05, 0.1) is 5.69 Å². The average molecular weight is 432 g/mol. The zero-order valence-corrected chi connectivity index (χ0v) is 16.5. The Balaban J connectivity index is 2.18. The summed E-state index contributed by atoms with van der Waals surface area (Å²) in [5.74, 6) is 0.0459. The van der Waals surface area contributed by atoms with Crippen molar-refractivity contribution >= 4 is 43.5 Å². The molecule has 0 aliphatic heterocycles. The first-order valence-electron chi connectivity index (χ1n) is 7.99. The summed E-state index contributed by atoms with van der Waals surface area (Å²) in [6.07, 6.45) is 7.07. The topological polar surface area (TPSA) is 32.3 Å². The lowest BCUT2D eigenvalue weighted by Gasteiger charge is -2.32. The largest absolute Gasteiger partial charge is 0.325 e. The Morgan fingerprint density at radius 2 is 1.95 bits per heavy atom. The molecule has 1 aliphatic rings. The molecule has 1 amide bonds. The molecule has 5 heteroatoms. The van der Waals surface area contributed by atoms with E-state index >= 15 is 0 Å². The number of halogens is 2. The molecule has 0 heterocycles. The maximum absolute atomic E-state index is 11.8. The van der Waals surface area contributed by atoms with Gasteiger partial charge in [0.1, 0.15) is 0 Å². The van der Waals surface area contributed by atoms with Gasteiger partial charge in [-0.2, -0.15) is 0 Å². The molecule has 122 valence electrons. The molecule has 0 unspecified atom stereocenters. The second-order valence-electron chi connectivity index (χ2n) is 6.03. The van der Waals surface area contributed by atoms with E-state index in [1.807, 2.05) is 13.0 Å². The predicted octanol–water partition coefficient (Wildman–Crippen LogP) is 5.32. The van der Waals surface area contributed by atoms with Crippen molar-refractivity contribution in [2.24, 2.45) is 0 Å². The Bertz CT molecular complexity index is 528. The van der Waals surface area contributed by atoms with Crippen LogP contribution in [0.2, 0.25) is 0 Å². The number of amides is 1. The maximum atomic E-state index is 11.8. The smallest absolute Gasteiger partial charge is 0.224 e. The minimum absolute atomic E-state index is 0.0459. The van der Waals surface area contributed by atoms with Crippen LogP contribution in [0.15, 0.2) is 21.1 Å². The third-order valence-electron chi connectivity index (χ3n) is 4.34. The summed E-state index contributed by atoms with van der Waals surface area (Å²) in [5.41, 5.74) is 2.05. The van der Waals surface area contributed by atoms with Crippen molar-refractivity contribution in [3.63, 3.8) is 0 Å². The van der Waals surface area contributed by atoms with E-state index in [1.54, 1.807) is 0 Å². The summed E-state index contributed by atoms with van der Waals surface area (Å²) in [6.45, 7) is 2.72. The van der Waals surface area contributed by atoms with Gasteiger partial charge in [0.2, 0.25) is 5.91 Å². The first-order valence-corrected chi connectivity index (χ1v) is 9.58. The number of rotatable bonds is 5. The highest BCUT2D eigenvalue weighted by atomic mass is 79.9. The molecular weight excluding hydrogens is 408 g/mol. The summed E-state index contributed by atoms with van der Waals surface area (Å²) < 4.78 is 1.96. The zero-order valence-electron chi connectivity index (χ0n) is 13.3. The van der Waals surface area contributed by atoms with Gasteiger partial charge in [-0.1, -0.05) is 42.1 Å². The minimum atomic E-state index is 0.0459. The molecule has 0 saturated heterocycles. The van der Waals surface area contributed by atoms with Gasteiger partial charge in [0, 0.05) is 28.0 Å². The van der Waals surface area contributed by atoms with Crippen LogP contribution >= 0.6 is 31.9 Å². The van der Waals surface area contributed by atoms with E-state index in [0.717, 1.165) is 26.7 Å². The van der Waals surface area contributed by atoms with Crippen LogP contribution in [-0.4, -0.2) is 23.9 Å². The van der Waals surface area contributed by atoms with E-state index in [9.17, 15) is 4.79 Å². The molecule has 1 fully saturated rings. The molecule has 1 aliphatic carbocycles. The molecule has 3 nitrogen and oxygen atoms in total. The summed E-state index contributed by atoms with van der Waals surface area (Å²) in [6, 6.07) is 4.74. The highest BCUT2D eigenvalue weighted by molar-refractivity contribution is 9.11. The first-order chi connectivity index (χ1) is 10.5. The fourth-order valence-electron chi connectivity index (χ4n) is 3.04. The van der Waals surface area contributed by atoms with Crippen molar-refractivity contribution in [3.05, 3.63) is 26.6 Å². The van der Waals surface area contributed by atoms with Gasteiger partial charge in [0.15, 0.2) is 0 Å². The number of benzene rings is 1. The molecule has 22 heavy (non-hydrogen) atoms. The Labute approximate surface area is 150 Å². The Morgan fingerprint density at radius 1 is 1.27 bits per heavy atom. The Kier molecular flexibility index (Phi) is 6.90. The van der Waals surface area contributed by atoms with Crippen LogP contribution in [0, 0.1) is 0 Å². The maximum Gasteiger partial charge on any atom is 0.224 e. The monoisotopic (exact) mass is 430 g/mol. The van der Waals surface area contributed by atoms with E-state index in [1.165, 1.54) is 32.1 Å². The molecule has 1 N–H and O–H groups in total. The molecule has 0 bridgehead atoms. The molecule has 1 saturated carbocycles. The van der Waals surface area contributed by atoms with E-state index < -0.39 is 0 Å². The average Bonchev–Trinajstić information content (AvgIpc) is 2.51. The zero-order chi connectivity index (χ0) is 16.1. The molecule has 0 atom stereocenters. The Morgan fingerprint density at radius 3 is 2.59 bits per heavy atom. The van der Waals surface area contributed by atoms with Gasteiger partial charge < -0.3 is 5.32 Å². The number of carbonyl (C=O) groups excluding carboxylic acids is 1. The molecule has 0 radical (unpaired) electrons. The number of carbonyl (C=O) groups is 1. The third-order valence-corrected chi connectivity index (χ3v) is 5.42. The van der Waals surface area contributed by atoms with Crippen LogP contribution in [0.25, 0.3) is 0 Å². The van der Waals surface area contributed by atoms with Crippen molar-refractivity contribution in [2.45, 2.75) is 58.0 Å². The van der Waals surface area contributed by atoms with Gasteiger partial charge in [-0.05, 0) is 53.5 Å². The normalized spacial score (nSPS) is 16.0. The lowest BCUT2D eigenvalue weighted by atomic mass is 9.94. The summed E-state index contributed by atoms with van der Waals surface area (Å²) in [4.78, 5) is 14.2. The van der Waals surface area contributed by atoms with Crippen molar-refractivity contribution in [3.8, 4) is 0 Å². The lowest BCUT2D eigenvalue weighted by Crippen LogP contribution is -2.33. The van der Waals surface area contributed by atoms with Crippen molar-refractivity contribution in [1.29, 1.82) is 0 Å². The number of nitrogens with one attached hydrogen (secondary N) is 1. The summed E-state index contributed by atoms with van der Waals surface area (Å²) >= 11 is 7.13. The SMILES string of the molecule is CCC(=O)Nc1c(Br)cc(Br)cc1CN(C)C1CCCCC1. The van der Waals surface area contributed by atoms with Crippen LogP contribution in [0.4, 0.5) is 5.69 Å². The second-order valence-corrected chi connectivity index (χ2v) is 7.80. The van der Waals surface area contributed by atoms with Gasteiger partial charge in [-0.3, -0.25) is 9.69 Å². The van der Waals surface area contributed by atoms with E-state index in [4.69, 9.17) is 0 Å². The predicted molar refractivity (Wildman–Crippen MR) is 99.1 cm³/mol. The van der Waals surface area contributed by atoms with E-state index in [0.29, 0.717) is 12.5 Å². The Hall–Kier alpha value is -0.390.